The van der Waals surface area contributed by atoms with Crippen LogP contribution in [0.1, 0.15) is 38.2 Å². The molecule has 1 aromatic carbocycles. The van der Waals surface area contributed by atoms with Gasteiger partial charge < -0.3 is 14.6 Å². The standard InChI is InChI=1S/C20H21ClN2O7/c1-2-29-15-9-11(8-14(21)17(15)30-10-16(24)25)7-13-18(26)22-20(28)23(19(13)27)12-5-3-4-6-12/h7-9,12H,2-6,10H2,1H3,(H,24,25)(H,22,26,28)/b13-7+. The van der Waals surface area contributed by atoms with Gasteiger partial charge in [-0.05, 0) is 43.5 Å². The second-order valence-corrected chi connectivity index (χ2v) is 7.28. The fourth-order valence-electron chi connectivity index (χ4n) is 3.54. The number of amides is 4. The molecule has 30 heavy (non-hydrogen) atoms. The van der Waals surface area contributed by atoms with Crippen LogP contribution in [0.2, 0.25) is 5.02 Å². The second kappa shape index (κ2) is 9.17. The number of nitrogens with zero attached hydrogens (tertiary/aromatic N) is 1. The van der Waals surface area contributed by atoms with Crippen LogP contribution in [0.3, 0.4) is 0 Å². The van der Waals surface area contributed by atoms with E-state index >= 15 is 0 Å². The number of carboxylic acid groups (broad SMARTS) is 1. The van der Waals surface area contributed by atoms with Gasteiger partial charge in [0.15, 0.2) is 18.1 Å². The van der Waals surface area contributed by atoms with E-state index in [4.69, 9.17) is 26.2 Å². The molecule has 9 nitrogen and oxygen atoms in total. The number of carbonyl (C=O) groups excluding carboxylic acids is 3. The highest BCUT2D eigenvalue weighted by Crippen LogP contribution is 2.37. The van der Waals surface area contributed by atoms with E-state index in [1.54, 1.807) is 6.92 Å². The molecule has 4 amide bonds. The van der Waals surface area contributed by atoms with Crippen LogP contribution in [0.15, 0.2) is 17.7 Å². The lowest BCUT2D eigenvalue weighted by atomic mass is 10.0. The Morgan fingerprint density at radius 1 is 1.27 bits per heavy atom. The normalized spacial score (nSPS) is 18.7. The van der Waals surface area contributed by atoms with Crippen LogP contribution in [0.5, 0.6) is 11.5 Å². The van der Waals surface area contributed by atoms with E-state index in [-0.39, 0.29) is 34.7 Å². The molecule has 1 heterocycles. The summed E-state index contributed by atoms with van der Waals surface area (Å²) in [6.07, 6.45) is 4.56. The van der Waals surface area contributed by atoms with Gasteiger partial charge in [-0.25, -0.2) is 9.59 Å². The van der Waals surface area contributed by atoms with Crippen LogP contribution in [-0.4, -0.2) is 53.1 Å². The molecule has 0 atom stereocenters. The first kappa shape index (κ1) is 21.6. The Kier molecular flexibility index (Phi) is 6.61. The minimum atomic E-state index is -1.18. The molecule has 10 heteroatoms. The molecule has 0 radical (unpaired) electrons. The van der Waals surface area contributed by atoms with Crippen molar-refractivity contribution in [3.8, 4) is 11.5 Å². The lowest BCUT2D eigenvalue weighted by Crippen LogP contribution is -2.57. The number of urea groups is 1. The Labute approximate surface area is 177 Å². The number of carboxylic acids is 1. The van der Waals surface area contributed by atoms with Gasteiger partial charge in [-0.2, -0.15) is 0 Å². The zero-order chi connectivity index (χ0) is 21.8. The molecule has 160 valence electrons. The highest BCUT2D eigenvalue weighted by Gasteiger charge is 2.40. The van der Waals surface area contributed by atoms with Crippen LogP contribution in [0, 0.1) is 0 Å². The third-order valence-electron chi connectivity index (χ3n) is 4.81. The van der Waals surface area contributed by atoms with Crippen LogP contribution in [0.4, 0.5) is 4.79 Å². The molecule has 0 spiro atoms. The van der Waals surface area contributed by atoms with Crippen molar-refractivity contribution in [3.63, 3.8) is 0 Å². The Morgan fingerprint density at radius 3 is 2.60 bits per heavy atom. The second-order valence-electron chi connectivity index (χ2n) is 6.88. The summed E-state index contributed by atoms with van der Waals surface area (Å²) in [6, 6.07) is 1.96. The predicted octanol–water partition coefficient (Wildman–Crippen LogP) is 2.61. The van der Waals surface area contributed by atoms with E-state index in [1.807, 2.05) is 0 Å². The zero-order valence-corrected chi connectivity index (χ0v) is 17.0. The molecule has 1 aromatic rings. The molecule has 0 aromatic heterocycles. The lowest BCUT2D eigenvalue weighted by molar-refractivity contribution is -0.139. The van der Waals surface area contributed by atoms with Gasteiger partial charge in [0.05, 0.1) is 11.6 Å². The van der Waals surface area contributed by atoms with Crippen molar-refractivity contribution >= 4 is 41.5 Å². The summed E-state index contributed by atoms with van der Waals surface area (Å²) < 4.78 is 10.7. The van der Waals surface area contributed by atoms with Gasteiger partial charge in [0.25, 0.3) is 11.8 Å². The predicted molar refractivity (Wildman–Crippen MR) is 106 cm³/mol. The Bertz CT molecular complexity index is 922. The lowest BCUT2D eigenvalue weighted by Gasteiger charge is -2.31. The van der Waals surface area contributed by atoms with Crippen molar-refractivity contribution in [2.45, 2.75) is 38.6 Å². The number of halogens is 1. The molecule has 3 rings (SSSR count). The average molecular weight is 437 g/mol. The quantitative estimate of drug-likeness (QED) is 0.497. The first-order chi connectivity index (χ1) is 14.3. The molecule has 0 unspecified atom stereocenters. The Balaban J connectivity index is 1.95. The van der Waals surface area contributed by atoms with Crippen molar-refractivity contribution < 1.29 is 33.8 Å². The highest BCUT2D eigenvalue weighted by molar-refractivity contribution is 6.33. The average Bonchev–Trinajstić information content (AvgIpc) is 3.18. The van der Waals surface area contributed by atoms with E-state index in [0.29, 0.717) is 18.4 Å². The maximum absolute atomic E-state index is 12.9. The summed E-state index contributed by atoms with van der Waals surface area (Å²) in [5.41, 5.74) is 0.171. The summed E-state index contributed by atoms with van der Waals surface area (Å²) in [5, 5.41) is 11.1. The number of nitrogens with one attached hydrogen (secondary N) is 1. The SMILES string of the molecule is CCOc1cc(/C=C2\C(=O)NC(=O)N(C3CCCC3)C2=O)cc(Cl)c1OCC(=O)O. The van der Waals surface area contributed by atoms with Gasteiger partial charge >= 0.3 is 12.0 Å². The van der Waals surface area contributed by atoms with Gasteiger partial charge in [0.2, 0.25) is 0 Å². The van der Waals surface area contributed by atoms with E-state index < -0.39 is 30.4 Å². The summed E-state index contributed by atoms with van der Waals surface area (Å²) in [6.45, 7) is 1.37. The van der Waals surface area contributed by atoms with E-state index in [2.05, 4.69) is 5.32 Å². The van der Waals surface area contributed by atoms with E-state index in [1.165, 1.54) is 18.2 Å². The number of hydrogen-bond acceptors (Lipinski definition) is 6. The largest absolute Gasteiger partial charge is 0.490 e. The fraction of sp³-hybridized carbons (Fsp3) is 0.400. The molecule has 2 N–H and O–H groups in total. The number of aliphatic carboxylic acids is 1. The Morgan fingerprint density at radius 2 is 1.97 bits per heavy atom. The van der Waals surface area contributed by atoms with Crippen molar-refractivity contribution in [1.82, 2.24) is 10.2 Å². The highest BCUT2D eigenvalue weighted by atomic mass is 35.5. The molecule has 1 aliphatic heterocycles. The molecule has 1 saturated heterocycles. The van der Waals surface area contributed by atoms with Crippen molar-refractivity contribution in [2.24, 2.45) is 0 Å². The topological polar surface area (TPSA) is 122 Å². The van der Waals surface area contributed by atoms with Crippen molar-refractivity contribution in [1.29, 1.82) is 0 Å². The molecular weight excluding hydrogens is 416 g/mol. The van der Waals surface area contributed by atoms with Gasteiger partial charge in [0, 0.05) is 6.04 Å². The molecule has 1 saturated carbocycles. The maximum Gasteiger partial charge on any atom is 0.341 e. The van der Waals surface area contributed by atoms with Crippen LogP contribution in [-0.2, 0) is 14.4 Å². The minimum absolute atomic E-state index is 0.0465. The van der Waals surface area contributed by atoms with Crippen LogP contribution in [0.25, 0.3) is 6.08 Å². The maximum atomic E-state index is 12.9. The molecule has 2 aliphatic rings. The third kappa shape index (κ3) is 4.56. The smallest absolute Gasteiger partial charge is 0.341 e. The van der Waals surface area contributed by atoms with E-state index in [9.17, 15) is 19.2 Å². The van der Waals surface area contributed by atoms with Gasteiger partial charge in [-0.1, -0.05) is 24.4 Å². The van der Waals surface area contributed by atoms with Crippen molar-refractivity contribution in [3.05, 3.63) is 28.3 Å². The first-order valence-corrected chi connectivity index (χ1v) is 9.91. The van der Waals surface area contributed by atoms with Gasteiger partial charge in [-0.15, -0.1) is 0 Å². The summed E-state index contributed by atoms with van der Waals surface area (Å²) in [5.74, 6) is -2.41. The van der Waals surface area contributed by atoms with Gasteiger partial charge in [0.1, 0.15) is 5.57 Å². The number of hydrogen-bond donors (Lipinski definition) is 2. The number of ether oxygens (including phenoxy) is 2. The summed E-state index contributed by atoms with van der Waals surface area (Å²) >= 11 is 6.22. The van der Waals surface area contributed by atoms with Crippen LogP contribution < -0.4 is 14.8 Å². The fourth-order valence-corrected chi connectivity index (χ4v) is 3.81. The minimum Gasteiger partial charge on any atom is -0.490 e. The molecule has 1 aliphatic carbocycles. The third-order valence-corrected chi connectivity index (χ3v) is 5.09. The number of imide groups is 2. The number of carbonyl (C=O) groups is 4. The van der Waals surface area contributed by atoms with E-state index in [0.717, 1.165) is 17.7 Å². The van der Waals surface area contributed by atoms with Gasteiger partial charge in [-0.3, -0.25) is 19.8 Å². The number of rotatable bonds is 7. The zero-order valence-electron chi connectivity index (χ0n) is 16.3. The first-order valence-electron chi connectivity index (χ1n) is 9.53. The van der Waals surface area contributed by atoms with Crippen molar-refractivity contribution in [2.75, 3.05) is 13.2 Å². The van der Waals surface area contributed by atoms with Crippen LogP contribution >= 0.6 is 11.6 Å². The molecule has 2 fully saturated rings. The molecule has 0 bridgehead atoms. The summed E-state index contributed by atoms with van der Waals surface area (Å²) in [7, 11) is 0. The number of barbiturate groups is 1. The monoisotopic (exact) mass is 436 g/mol. The Hall–Kier alpha value is -3.07. The summed E-state index contributed by atoms with van der Waals surface area (Å²) in [4.78, 5) is 49.3. The molecular formula is C20H21ClN2O7. The number of benzene rings is 1.